The maximum Gasteiger partial charge on any atom is 0.138 e. The molecule has 1 aromatic carbocycles. The summed E-state index contributed by atoms with van der Waals surface area (Å²) in [6.07, 6.45) is 0.0703. The van der Waals surface area contributed by atoms with Gasteiger partial charge in [0.1, 0.15) is 11.6 Å². The van der Waals surface area contributed by atoms with Crippen molar-refractivity contribution in [2.75, 3.05) is 6.61 Å². The van der Waals surface area contributed by atoms with Crippen LogP contribution < -0.4 is 0 Å². The number of carbonyl (C=O) groups is 1. The molecule has 86 valence electrons. The number of halogens is 3. The van der Waals surface area contributed by atoms with Crippen LogP contribution in [0.3, 0.4) is 0 Å². The second kappa shape index (κ2) is 4.82. The van der Waals surface area contributed by atoms with Crippen LogP contribution >= 0.6 is 27.5 Å². The van der Waals surface area contributed by atoms with Crippen molar-refractivity contribution in [3.63, 3.8) is 0 Å². The zero-order valence-corrected chi connectivity index (χ0v) is 10.6. The lowest BCUT2D eigenvalue weighted by atomic mass is 10.00. The molecule has 0 saturated carbocycles. The fourth-order valence-electron chi connectivity index (χ4n) is 1.71. The standard InChI is InChI=1S/C11H9BrClFO2/c12-11-7(13)1-2-8(14)10(11)9-5-6(15)3-4-16-9/h1-2,9H,3-5H2. The Morgan fingerprint density at radius 3 is 2.94 bits per heavy atom. The number of hydrogen-bond donors (Lipinski definition) is 0. The van der Waals surface area contributed by atoms with E-state index in [-0.39, 0.29) is 12.2 Å². The summed E-state index contributed by atoms with van der Waals surface area (Å²) in [5, 5.41) is 0.415. The van der Waals surface area contributed by atoms with Gasteiger partial charge in [-0.05, 0) is 28.1 Å². The minimum absolute atomic E-state index is 0.0857. The highest BCUT2D eigenvalue weighted by atomic mass is 79.9. The van der Waals surface area contributed by atoms with Crippen LogP contribution in [-0.2, 0) is 9.53 Å². The van der Waals surface area contributed by atoms with Crippen LogP contribution in [-0.4, -0.2) is 12.4 Å². The van der Waals surface area contributed by atoms with Crippen molar-refractivity contribution in [2.24, 2.45) is 0 Å². The molecular formula is C11H9BrClFO2. The highest BCUT2D eigenvalue weighted by Gasteiger charge is 2.27. The summed E-state index contributed by atoms with van der Waals surface area (Å²) in [4.78, 5) is 11.3. The third-order valence-corrected chi connectivity index (χ3v) is 3.91. The monoisotopic (exact) mass is 306 g/mol. The Morgan fingerprint density at radius 1 is 1.50 bits per heavy atom. The van der Waals surface area contributed by atoms with Crippen LogP contribution in [0.1, 0.15) is 24.5 Å². The highest BCUT2D eigenvalue weighted by molar-refractivity contribution is 9.10. The Morgan fingerprint density at radius 2 is 2.25 bits per heavy atom. The number of benzene rings is 1. The number of ketones is 1. The molecule has 0 N–H and O–H groups in total. The highest BCUT2D eigenvalue weighted by Crippen LogP contribution is 2.37. The zero-order chi connectivity index (χ0) is 11.7. The van der Waals surface area contributed by atoms with Gasteiger partial charge in [0, 0.05) is 22.9 Å². The quantitative estimate of drug-likeness (QED) is 0.740. The minimum Gasteiger partial charge on any atom is -0.372 e. The summed E-state index contributed by atoms with van der Waals surface area (Å²) in [6, 6.07) is 2.75. The van der Waals surface area contributed by atoms with Gasteiger partial charge in [0.05, 0.1) is 17.7 Å². The molecular weight excluding hydrogens is 298 g/mol. The van der Waals surface area contributed by atoms with Crippen LogP contribution in [0.2, 0.25) is 5.02 Å². The van der Waals surface area contributed by atoms with Gasteiger partial charge in [-0.15, -0.1) is 0 Å². The van der Waals surface area contributed by atoms with E-state index in [2.05, 4.69) is 15.9 Å². The molecule has 0 bridgehead atoms. The maximum absolute atomic E-state index is 13.7. The molecule has 16 heavy (non-hydrogen) atoms. The van der Waals surface area contributed by atoms with E-state index in [9.17, 15) is 9.18 Å². The van der Waals surface area contributed by atoms with E-state index >= 15 is 0 Å². The molecule has 1 aliphatic heterocycles. The van der Waals surface area contributed by atoms with E-state index < -0.39 is 11.9 Å². The third-order valence-electron chi connectivity index (χ3n) is 2.51. The molecule has 0 aliphatic carbocycles. The first-order valence-corrected chi connectivity index (χ1v) is 6.03. The van der Waals surface area contributed by atoms with Gasteiger partial charge in [-0.3, -0.25) is 4.79 Å². The molecule has 0 amide bonds. The molecule has 5 heteroatoms. The SMILES string of the molecule is O=C1CCOC(c2c(F)ccc(Cl)c2Br)C1. The van der Waals surface area contributed by atoms with E-state index in [0.29, 0.717) is 28.1 Å². The van der Waals surface area contributed by atoms with Gasteiger partial charge in [0.2, 0.25) is 0 Å². The Balaban J connectivity index is 2.39. The first-order chi connectivity index (χ1) is 7.59. The normalized spacial score (nSPS) is 21.2. The molecule has 1 atom stereocenters. The van der Waals surface area contributed by atoms with Crippen LogP contribution in [0.5, 0.6) is 0 Å². The average molecular weight is 308 g/mol. The summed E-state index contributed by atoms with van der Waals surface area (Å²) in [5.41, 5.74) is 0.334. The number of ether oxygens (including phenoxy) is 1. The molecule has 1 fully saturated rings. The second-order valence-electron chi connectivity index (χ2n) is 3.61. The van der Waals surface area contributed by atoms with Crippen molar-refractivity contribution in [3.05, 3.63) is 33.0 Å². The molecule has 0 radical (unpaired) electrons. The molecule has 1 saturated heterocycles. The summed E-state index contributed by atoms with van der Waals surface area (Å²) in [7, 11) is 0. The van der Waals surface area contributed by atoms with Crippen molar-refractivity contribution in [3.8, 4) is 0 Å². The largest absolute Gasteiger partial charge is 0.372 e. The molecule has 2 rings (SSSR count). The summed E-state index contributed by atoms with van der Waals surface area (Å²) in [5.74, 6) is -0.321. The van der Waals surface area contributed by atoms with E-state index in [0.717, 1.165) is 0 Å². The smallest absolute Gasteiger partial charge is 0.138 e. The van der Waals surface area contributed by atoms with Crippen molar-refractivity contribution in [1.82, 2.24) is 0 Å². The molecule has 1 heterocycles. The predicted octanol–water partition coefficient (Wildman–Crippen LogP) is 3.66. The van der Waals surface area contributed by atoms with Gasteiger partial charge in [-0.2, -0.15) is 0 Å². The third kappa shape index (κ3) is 2.29. The van der Waals surface area contributed by atoms with E-state index in [1.807, 2.05) is 0 Å². The fraction of sp³-hybridized carbons (Fsp3) is 0.364. The van der Waals surface area contributed by atoms with E-state index in [1.54, 1.807) is 0 Å². The van der Waals surface area contributed by atoms with Crippen LogP contribution in [0.4, 0.5) is 4.39 Å². The van der Waals surface area contributed by atoms with Crippen molar-refractivity contribution in [1.29, 1.82) is 0 Å². The summed E-state index contributed by atoms with van der Waals surface area (Å²) in [6.45, 7) is 0.335. The van der Waals surface area contributed by atoms with E-state index in [4.69, 9.17) is 16.3 Å². The number of rotatable bonds is 1. The van der Waals surface area contributed by atoms with Crippen LogP contribution in [0.25, 0.3) is 0 Å². The van der Waals surface area contributed by atoms with E-state index in [1.165, 1.54) is 12.1 Å². The van der Waals surface area contributed by atoms with Gasteiger partial charge in [0.15, 0.2) is 0 Å². The Hall–Kier alpha value is -0.450. The lowest BCUT2D eigenvalue weighted by Crippen LogP contribution is -2.20. The Labute approximate surface area is 106 Å². The van der Waals surface area contributed by atoms with Crippen LogP contribution in [0.15, 0.2) is 16.6 Å². The van der Waals surface area contributed by atoms with Crippen LogP contribution in [0, 0.1) is 5.82 Å². The Kier molecular flexibility index (Phi) is 3.62. The van der Waals surface area contributed by atoms with Crippen molar-refractivity contribution in [2.45, 2.75) is 18.9 Å². The lowest BCUT2D eigenvalue weighted by Gasteiger charge is -2.23. The number of carbonyl (C=O) groups excluding carboxylic acids is 1. The minimum atomic E-state index is -0.533. The summed E-state index contributed by atoms with van der Waals surface area (Å²) < 4.78 is 19.5. The molecule has 2 nitrogen and oxygen atoms in total. The van der Waals surface area contributed by atoms with Crippen molar-refractivity contribution >= 4 is 33.3 Å². The van der Waals surface area contributed by atoms with Gasteiger partial charge in [-0.1, -0.05) is 11.6 Å². The maximum atomic E-state index is 13.7. The van der Waals surface area contributed by atoms with Gasteiger partial charge in [-0.25, -0.2) is 4.39 Å². The van der Waals surface area contributed by atoms with Gasteiger partial charge < -0.3 is 4.74 Å². The second-order valence-corrected chi connectivity index (χ2v) is 4.81. The number of hydrogen-bond acceptors (Lipinski definition) is 2. The Bertz CT molecular complexity index is 436. The zero-order valence-electron chi connectivity index (χ0n) is 8.30. The molecule has 1 aliphatic rings. The first kappa shape index (κ1) is 12.0. The molecule has 0 aromatic heterocycles. The van der Waals surface area contributed by atoms with Gasteiger partial charge >= 0.3 is 0 Å². The molecule has 0 spiro atoms. The predicted molar refractivity (Wildman–Crippen MR) is 62.0 cm³/mol. The topological polar surface area (TPSA) is 26.3 Å². The summed E-state index contributed by atoms with van der Waals surface area (Å²) >= 11 is 9.11. The number of Topliss-reactive ketones (excluding diaryl/α,β-unsaturated/α-hetero) is 1. The fourth-order valence-corrected chi connectivity index (χ4v) is 2.45. The first-order valence-electron chi connectivity index (χ1n) is 4.86. The average Bonchev–Trinajstić information content (AvgIpc) is 2.24. The lowest BCUT2D eigenvalue weighted by molar-refractivity contribution is -0.128. The molecule has 1 unspecified atom stereocenters. The van der Waals surface area contributed by atoms with Crippen molar-refractivity contribution < 1.29 is 13.9 Å². The van der Waals surface area contributed by atoms with Gasteiger partial charge in [0.25, 0.3) is 0 Å². The molecule has 1 aromatic rings.